The zero-order valence-electron chi connectivity index (χ0n) is 11.6. The van der Waals surface area contributed by atoms with Crippen LogP contribution in [0.15, 0.2) is 12.1 Å². The molecule has 1 aliphatic carbocycles. The number of benzene rings is 1. The van der Waals surface area contributed by atoms with E-state index >= 15 is 0 Å². The van der Waals surface area contributed by atoms with E-state index in [1.807, 2.05) is 4.57 Å². The van der Waals surface area contributed by atoms with Crippen LogP contribution in [-0.4, -0.2) is 9.55 Å². The minimum Gasteiger partial charge on any atom is -0.369 e. The molecule has 2 unspecified atom stereocenters. The van der Waals surface area contributed by atoms with Gasteiger partial charge in [0.2, 0.25) is 5.95 Å². The van der Waals surface area contributed by atoms with Gasteiger partial charge in [-0.05, 0) is 24.3 Å². The van der Waals surface area contributed by atoms with E-state index in [1.54, 1.807) is 6.07 Å². The number of nitrogens with two attached hydrogens (primary N) is 1. The first kappa shape index (κ1) is 13.7. The van der Waals surface area contributed by atoms with Crippen LogP contribution in [-0.2, 0) is 6.54 Å². The van der Waals surface area contributed by atoms with E-state index in [1.165, 1.54) is 31.7 Å². The molecule has 108 valence electrons. The zero-order valence-corrected chi connectivity index (χ0v) is 12.3. The highest BCUT2D eigenvalue weighted by atomic mass is 35.5. The second-order valence-electron chi connectivity index (χ2n) is 5.86. The van der Waals surface area contributed by atoms with Crippen molar-refractivity contribution in [1.82, 2.24) is 9.55 Å². The standard InChI is InChI=1S/C15H19ClFN3/c1-9-4-2-3-5-10(9)8-20-14-7-12(17)11(16)6-13(14)19-15(20)18/h6-7,9-10H,2-5,8H2,1H3,(H2,18,19). The van der Waals surface area contributed by atoms with Crippen molar-refractivity contribution >= 4 is 28.6 Å². The second-order valence-corrected chi connectivity index (χ2v) is 6.26. The zero-order chi connectivity index (χ0) is 14.3. The van der Waals surface area contributed by atoms with Crippen molar-refractivity contribution in [2.45, 2.75) is 39.2 Å². The monoisotopic (exact) mass is 295 g/mol. The Hall–Kier alpha value is -1.29. The molecule has 2 atom stereocenters. The van der Waals surface area contributed by atoms with Crippen molar-refractivity contribution in [1.29, 1.82) is 0 Å². The van der Waals surface area contributed by atoms with Gasteiger partial charge in [-0.25, -0.2) is 9.37 Å². The fourth-order valence-corrected chi connectivity index (χ4v) is 3.39. The molecule has 3 rings (SSSR count). The van der Waals surface area contributed by atoms with E-state index in [-0.39, 0.29) is 5.02 Å². The number of nitrogen functional groups attached to an aromatic ring is 1. The Kier molecular flexibility index (Phi) is 3.59. The molecule has 0 radical (unpaired) electrons. The highest BCUT2D eigenvalue weighted by Gasteiger charge is 2.23. The van der Waals surface area contributed by atoms with E-state index in [9.17, 15) is 4.39 Å². The van der Waals surface area contributed by atoms with Gasteiger partial charge in [0.15, 0.2) is 0 Å². The van der Waals surface area contributed by atoms with Crippen molar-refractivity contribution in [3.8, 4) is 0 Å². The Balaban J connectivity index is 1.98. The Bertz CT molecular complexity index is 638. The van der Waals surface area contributed by atoms with Crippen molar-refractivity contribution in [2.75, 3.05) is 5.73 Å². The number of hydrogen-bond donors (Lipinski definition) is 1. The van der Waals surface area contributed by atoms with Gasteiger partial charge in [0.25, 0.3) is 0 Å². The lowest BCUT2D eigenvalue weighted by Crippen LogP contribution is -2.22. The summed E-state index contributed by atoms with van der Waals surface area (Å²) in [6.45, 7) is 3.10. The van der Waals surface area contributed by atoms with E-state index in [2.05, 4.69) is 11.9 Å². The molecule has 20 heavy (non-hydrogen) atoms. The largest absolute Gasteiger partial charge is 0.369 e. The fraction of sp³-hybridized carbons (Fsp3) is 0.533. The molecule has 2 N–H and O–H groups in total. The first-order valence-corrected chi connectivity index (χ1v) is 7.55. The van der Waals surface area contributed by atoms with Gasteiger partial charge in [-0.15, -0.1) is 0 Å². The summed E-state index contributed by atoms with van der Waals surface area (Å²) in [4.78, 5) is 4.30. The number of fused-ring (bicyclic) bond motifs is 1. The average Bonchev–Trinajstić information content (AvgIpc) is 2.69. The van der Waals surface area contributed by atoms with Gasteiger partial charge in [0.05, 0.1) is 16.1 Å². The quantitative estimate of drug-likeness (QED) is 0.900. The van der Waals surface area contributed by atoms with E-state index in [0.29, 0.717) is 23.3 Å². The summed E-state index contributed by atoms with van der Waals surface area (Å²) >= 11 is 5.80. The average molecular weight is 296 g/mol. The molecule has 1 saturated carbocycles. The predicted octanol–water partition coefficient (Wildman–Crippen LogP) is 4.24. The second kappa shape index (κ2) is 5.24. The number of rotatable bonds is 2. The molecule has 0 amide bonds. The summed E-state index contributed by atoms with van der Waals surface area (Å²) in [7, 11) is 0. The molecule has 1 fully saturated rings. The Labute approximate surface area is 122 Å². The number of aromatic nitrogens is 2. The minimum atomic E-state index is -0.419. The van der Waals surface area contributed by atoms with Crippen molar-refractivity contribution < 1.29 is 4.39 Å². The van der Waals surface area contributed by atoms with E-state index in [4.69, 9.17) is 17.3 Å². The summed E-state index contributed by atoms with van der Waals surface area (Å²) in [5, 5.41) is 0.0909. The molecule has 0 aliphatic heterocycles. The molecule has 0 bridgehead atoms. The number of nitrogens with zero attached hydrogens (tertiary/aromatic N) is 2. The highest BCUT2D eigenvalue weighted by molar-refractivity contribution is 6.31. The van der Waals surface area contributed by atoms with Crippen LogP contribution >= 0.6 is 11.6 Å². The van der Waals surface area contributed by atoms with Crippen LogP contribution in [0.3, 0.4) is 0 Å². The third kappa shape index (κ3) is 2.37. The van der Waals surface area contributed by atoms with Gasteiger partial charge >= 0.3 is 0 Å². The highest BCUT2D eigenvalue weighted by Crippen LogP contribution is 2.33. The lowest BCUT2D eigenvalue weighted by molar-refractivity contribution is 0.231. The maximum Gasteiger partial charge on any atom is 0.201 e. The Morgan fingerprint density at radius 1 is 1.40 bits per heavy atom. The Morgan fingerprint density at radius 3 is 2.90 bits per heavy atom. The molecular weight excluding hydrogens is 277 g/mol. The third-order valence-electron chi connectivity index (χ3n) is 4.53. The molecule has 1 aromatic heterocycles. The predicted molar refractivity (Wildman–Crippen MR) is 80.2 cm³/mol. The van der Waals surface area contributed by atoms with E-state index < -0.39 is 5.82 Å². The first-order chi connectivity index (χ1) is 9.56. The van der Waals surface area contributed by atoms with Crippen LogP contribution in [0.25, 0.3) is 11.0 Å². The summed E-state index contributed by atoms with van der Waals surface area (Å²) in [5.41, 5.74) is 7.40. The van der Waals surface area contributed by atoms with Gasteiger partial charge in [0, 0.05) is 12.6 Å². The summed E-state index contributed by atoms with van der Waals surface area (Å²) in [5.74, 6) is 1.29. The summed E-state index contributed by atoms with van der Waals surface area (Å²) in [6, 6.07) is 2.98. The number of hydrogen-bond acceptors (Lipinski definition) is 2. The fourth-order valence-electron chi connectivity index (χ4n) is 3.23. The van der Waals surface area contributed by atoms with Gasteiger partial charge in [-0.2, -0.15) is 0 Å². The molecule has 0 saturated heterocycles. The van der Waals surface area contributed by atoms with Crippen LogP contribution in [0, 0.1) is 17.7 Å². The number of anilines is 1. The van der Waals surface area contributed by atoms with Crippen molar-refractivity contribution in [3.63, 3.8) is 0 Å². The minimum absolute atomic E-state index is 0.0909. The molecule has 0 spiro atoms. The van der Waals surface area contributed by atoms with E-state index in [0.717, 1.165) is 12.1 Å². The van der Waals surface area contributed by atoms with Gasteiger partial charge < -0.3 is 10.3 Å². The molecule has 2 aromatic rings. The third-order valence-corrected chi connectivity index (χ3v) is 4.82. The van der Waals surface area contributed by atoms with Crippen LogP contribution < -0.4 is 5.73 Å². The van der Waals surface area contributed by atoms with Gasteiger partial charge in [-0.3, -0.25) is 0 Å². The molecule has 1 heterocycles. The lowest BCUT2D eigenvalue weighted by atomic mass is 9.80. The first-order valence-electron chi connectivity index (χ1n) is 7.17. The van der Waals surface area contributed by atoms with Crippen LogP contribution in [0.5, 0.6) is 0 Å². The maximum absolute atomic E-state index is 13.7. The van der Waals surface area contributed by atoms with Crippen LogP contribution in [0.1, 0.15) is 32.6 Å². The number of halogens is 2. The van der Waals surface area contributed by atoms with Crippen LogP contribution in [0.4, 0.5) is 10.3 Å². The van der Waals surface area contributed by atoms with Crippen LogP contribution in [0.2, 0.25) is 5.02 Å². The molecular formula is C15H19ClFN3. The van der Waals surface area contributed by atoms with Gasteiger partial charge in [-0.1, -0.05) is 37.8 Å². The SMILES string of the molecule is CC1CCCCC1Cn1c(N)nc2cc(Cl)c(F)cc21. The Morgan fingerprint density at radius 2 is 2.15 bits per heavy atom. The molecule has 5 heteroatoms. The molecule has 1 aromatic carbocycles. The molecule has 1 aliphatic rings. The van der Waals surface area contributed by atoms with Crippen molar-refractivity contribution in [2.24, 2.45) is 11.8 Å². The lowest BCUT2D eigenvalue weighted by Gasteiger charge is -2.29. The topological polar surface area (TPSA) is 43.8 Å². The smallest absolute Gasteiger partial charge is 0.201 e. The summed E-state index contributed by atoms with van der Waals surface area (Å²) in [6.07, 6.45) is 5.04. The number of imidazole rings is 1. The molecule has 3 nitrogen and oxygen atoms in total. The van der Waals surface area contributed by atoms with Crippen molar-refractivity contribution in [3.05, 3.63) is 23.0 Å². The normalized spacial score (nSPS) is 23.4. The van der Waals surface area contributed by atoms with Gasteiger partial charge in [0.1, 0.15) is 5.82 Å². The summed E-state index contributed by atoms with van der Waals surface area (Å²) < 4.78 is 15.6. The maximum atomic E-state index is 13.7.